The lowest BCUT2D eigenvalue weighted by molar-refractivity contribution is 0.998. The van der Waals surface area contributed by atoms with Gasteiger partial charge in [0.2, 0.25) is 0 Å². The molecule has 4 aliphatic rings. The third-order valence-electron chi connectivity index (χ3n) is 8.50. The maximum atomic E-state index is 2.61. The first-order valence-corrected chi connectivity index (χ1v) is 15.8. The first-order valence-electron chi connectivity index (χ1n) is 13.3. The third kappa shape index (κ3) is 3.92. The predicted octanol–water partition coefficient (Wildman–Crippen LogP) is 8.92. The highest BCUT2D eigenvalue weighted by molar-refractivity contribution is 6.64. The van der Waals surface area contributed by atoms with Crippen LogP contribution in [0, 0.1) is 0 Å². The first-order chi connectivity index (χ1) is 17.6. The molecule has 0 heterocycles. The molecule has 2 aromatic rings. The molecule has 4 aliphatic carbocycles. The number of benzene rings is 2. The van der Waals surface area contributed by atoms with Gasteiger partial charge in [0, 0.05) is 11.8 Å². The van der Waals surface area contributed by atoms with Gasteiger partial charge in [-0.1, -0.05) is 139 Å². The summed E-state index contributed by atoms with van der Waals surface area (Å²) >= 11 is 0. The fourth-order valence-corrected chi connectivity index (χ4v) is 11.0. The summed E-state index contributed by atoms with van der Waals surface area (Å²) in [5.74, 6) is 0.661. The zero-order chi connectivity index (χ0) is 24.6. The molecule has 36 heavy (non-hydrogen) atoms. The Bertz CT molecular complexity index is 1300. The summed E-state index contributed by atoms with van der Waals surface area (Å²) in [7, 11) is -1.30. The molecule has 0 N–H and O–H groups in total. The van der Waals surface area contributed by atoms with E-state index in [4.69, 9.17) is 0 Å². The SMILES string of the molecule is CC1=CC2=C(C=CC=CC2c2ccccc2)C1[SiH](C)C1C(C)=CC2=C1C=CC=CC2c1ccccc1. The maximum Gasteiger partial charge on any atom is 0.0598 e. The molecule has 0 aliphatic heterocycles. The van der Waals surface area contributed by atoms with Gasteiger partial charge in [0.25, 0.3) is 0 Å². The van der Waals surface area contributed by atoms with Crippen LogP contribution in [0.5, 0.6) is 0 Å². The van der Waals surface area contributed by atoms with Gasteiger partial charge in [-0.15, -0.1) is 0 Å². The van der Waals surface area contributed by atoms with Crippen LogP contribution in [0.25, 0.3) is 0 Å². The van der Waals surface area contributed by atoms with Crippen LogP contribution in [0.4, 0.5) is 0 Å². The second kappa shape index (κ2) is 9.56. The second-order valence-electron chi connectivity index (χ2n) is 10.7. The molecule has 1 heteroatoms. The Labute approximate surface area is 217 Å². The minimum Gasteiger partial charge on any atom is -0.0726 e. The molecule has 6 rings (SSSR count). The van der Waals surface area contributed by atoms with E-state index in [-0.39, 0.29) is 0 Å². The van der Waals surface area contributed by atoms with Gasteiger partial charge in [-0.25, -0.2) is 0 Å². The summed E-state index contributed by atoms with van der Waals surface area (Å²) in [6, 6.07) is 22.0. The largest absolute Gasteiger partial charge is 0.0726 e. The van der Waals surface area contributed by atoms with Crippen LogP contribution in [0.15, 0.2) is 155 Å². The van der Waals surface area contributed by atoms with Crippen LogP contribution in [-0.2, 0) is 0 Å². The van der Waals surface area contributed by atoms with Crippen molar-refractivity contribution in [1.29, 1.82) is 0 Å². The van der Waals surface area contributed by atoms with Crippen LogP contribution in [0.2, 0.25) is 17.6 Å². The molecular formula is C35H34Si. The zero-order valence-corrected chi connectivity index (χ0v) is 22.6. The lowest BCUT2D eigenvalue weighted by Gasteiger charge is -2.30. The van der Waals surface area contributed by atoms with Crippen molar-refractivity contribution in [2.24, 2.45) is 0 Å². The topological polar surface area (TPSA) is 0 Å². The van der Waals surface area contributed by atoms with Crippen molar-refractivity contribution in [2.45, 2.75) is 43.3 Å². The summed E-state index contributed by atoms with van der Waals surface area (Å²) in [6.07, 6.45) is 23.6. The van der Waals surface area contributed by atoms with Crippen LogP contribution in [-0.4, -0.2) is 8.80 Å². The van der Waals surface area contributed by atoms with Gasteiger partial charge in [0.05, 0.1) is 8.80 Å². The average Bonchev–Trinajstić information content (AvgIpc) is 3.21. The molecule has 0 spiro atoms. The molecule has 0 fully saturated rings. The van der Waals surface area contributed by atoms with Crippen LogP contribution in [0.3, 0.4) is 0 Å². The molecule has 178 valence electrons. The minimum absolute atomic E-state index is 0.330. The smallest absolute Gasteiger partial charge is 0.0598 e. The normalized spacial score (nSPS) is 27.4. The predicted molar refractivity (Wildman–Crippen MR) is 157 cm³/mol. The van der Waals surface area contributed by atoms with Gasteiger partial charge >= 0.3 is 0 Å². The van der Waals surface area contributed by atoms with Gasteiger partial charge in [0.1, 0.15) is 0 Å². The Morgan fingerprint density at radius 2 is 0.944 bits per heavy atom. The van der Waals surface area contributed by atoms with Crippen molar-refractivity contribution in [3.63, 3.8) is 0 Å². The second-order valence-corrected chi connectivity index (χ2v) is 13.7. The molecule has 0 bridgehead atoms. The lowest BCUT2D eigenvalue weighted by Crippen LogP contribution is -2.25. The molecule has 0 nitrogen and oxygen atoms in total. The summed E-state index contributed by atoms with van der Waals surface area (Å²) < 4.78 is 0. The molecular weight excluding hydrogens is 448 g/mol. The van der Waals surface area contributed by atoms with E-state index in [0.717, 1.165) is 0 Å². The van der Waals surface area contributed by atoms with Crippen LogP contribution >= 0.6 is 0 Å². The van der Waals surface area contributed by atoms with E-state index >= 15 is 0 Å². The van der Waals surface area contributed by atoms with Crippen molar-refractivity contribution >= 4 is 8.80 Å². The van der Waals surface area contributed by atoms with Crippen molar-refractivity contribution in [1.82, 2.24) is 0 Å². The average molecular weight is 483 g/mol. The minimum atomic E-state index is -1.30. The number of rotatable bonds is 4. The standard InChI is InChI=1S/C35H34Si/c1-24-22-32-28(26-14-6-4-7-15-26)18-10-12-20-30(32)34(24)36(3)35-25(2)23-33-29(19-11-13-21-31(33)35)27-16-8-5-9-17-27/h4-23,28-29,34-36H,1-3H3. The van der Waals surface area contributed by atoms with Gasteiger partial charge in [-0.3, -0.25) is 0 Å². The molecule has 4 atom stereocenters. The molecule has 2 aromatic carbocycles. The van der Waals surface area contributed by atoms with E-state index in [2.05, 4.69) is 142 Å². The van der Waals surface area contributed by atoms with Crippen molar-refractivity contribution < 1.29 is 0 Å². The van der Waals surface area contributed by atoms with Crippen molar-refractivity contribution in [3.8, 4) is 0 Å². The Morgan fingerprint density at radius 3 is 1.36 bits per heavy atom. The van der Waals surface area contributed by atoms with Crippen molar-refractivity contribution in [3.05, 3.63) is 166 Å². The fraction of sp³-hybridized carbons (Fsp3) is 0.200. The Morgan fingerprint density at radius 1 is 0.528 bits per heavy atom. The Balaban J connectivity index is 1.39. The number of allylic oxidation sites excluding steroid dienone is 16. The van der Waals surface area contributed by atoms with Gasteiger partial charge in [0.15, 0.2) is 0 Å². The van der Waals surface area contributed by atoms with Crippen molar-refractivity contribution in [2.75, 3.05) is 0 Å². The van der Waals surface area contributed by atoms with Gasteiger partial charge < -0.3 is 0 Å². The van der Waals surface area contributed by atoms with E-state index in [9.17, 15) is 0 Å². The van der Waals surface area contributed by atoms with Gasteiger partial charge in [-0.05, 0) is 58.3 Å². The molecule has 4 unspecified atom stereocenters. The summed E-state index contributed by atoms with van der Waals surface area (Å²) in [5.41, 5.74) is 13.1. The highest BCUT2D eigenvalue weighted by Gasteiger charge is 2.40. The summed E-state index contributed by atoms with van der Waals surface area (Å²) in [6.45, 7) is 7.37. The highest BCUT2D eigenvalue weighted by atomic mass is 28.3. The van der Waals surface area contributed by atoms with Crippen LogP contribution < -0.4 is 0 Å². The summed E-state index contributed by atoms with van der Waals surface area (Å²) in [4.78, 5) is 0. The van der Waals surface area contributed by atoms with Gasteiger partial charge in [-0.2, -0.15) is 0 Å². The molecule has 0 aromatic heterocycles. The number of hydrogen-bond acceptors (Lipinski definition) is 0. The Kier molecular flexibility index (Phi) is 6.11. The fourth-order valence-electron chi connectivity index (χ4n) is 6.99. The van der Waals surface area contributed by atoms with Crippen LogP contribution in [0.1, 0.15) is 36.8 Å². The van der Waals surface area contributed by atoms with E-state index < -0.39 is 8.80 Å². The van der Waals surface area contributed by atoms with E-state index in [1.807, 2.05) is 0 Å². The van der Waals surface area contributed by atoms with E-state index in [1.54, 1.807) is 22.3 Å². The Hall–Kier alpha value is -3.42. The third-order valence-corrected chi connectivity index (χ3v) is 12.4. The highest BCUT2D eigenvalue weighted by Crippen LogP contribution is 2.53. The quantitative estimate of drug-likeness (QED) is 0.382. The van der Waals surface area contributed by atoms with E-state index in [0.29, 0.717) is 22.9 Å². The molecule has 0 saturated carbocycles. The van der Waals surface area contributed by atoms with E-state index in [1.165, 1.54) is 22.3 Å². The molecule has 0 saturated heterocycles. The molecule has 0 radical (unpaired) electrons. The monoisotopic (exact) mass is 482 g/mol. The molecule has 0 amide bonds. The lowest BCUT2D eigenvalue weighted by atomic mass is 9.89. The number of hydrogen-bond donors (Lipinski definition) is 0. The maximum absolute atomic E-state index is 2.61. The first kappa shape index (κ1) is 23.0. The summed E-state index contributed by atoms with van der Waals surface area (Å²) in [5, 5.41) is 0. The zero-order valence-electron chi connectivity index (χ0n) is 21.4.